The van der Waals surface area contributed by atoms with E-state index in [4.69, 9.17) is 28.7 Å². The van der Waals surface area contributed by atoms with Crippen LogP contribution in [0.3, 0.4) is 0 Å². The molecule has 0 spiro atoms. The van der Waals surface area contributed by atoms with Crippen molar-refractivity contribution < 1.29 is 62.6 Å². The van der Waals surface area contributed by atoms with Crippen molar-refractivity contribution in [2.45, 2.75) is 119 Å². The van der Waals surface area contributed by atoms with E-state index in [2.05, 4.69) is 78.1 Å². The lowest BCUT2D eigenvalue weighted by atomic mass is 10.0. The van der Waals surface area contributed by atoms with E-state index in [-0.39, 0.29) is 101 Å². The van der Waals surface area contributed by atoms with Crippen molar-refractivity contribution in [2.75, 3.05) is 37.7 Å². The van der Waals surface area contributed by atoms with Crippen LogP contribution in [0.15, 0.2) is 114 Å². The minimum atomic E-state index is -1.97. The number of aromatic nitrogens is 3. The highest BCUT2D eigenvalue weighted by molar-refractivity contribution is 7.99. The van der Waals surface area contributed by atoms with Crippen LogP contribution < -0.4 is 81.8 Å². The maximum atomic E-state index is 15.1. The van der Waals surface area contributed by atoms with Crippen LogP contribution in [-0.4, -0.2) is 189 Å². The first-order valence-corrected chi connectivity index (χ1v) is 31.9. The summed E-state index contributed by atoms with van der Waals surface area (Å²) in [5.74, 6) is -12.2. The number of fused-ring (bicyclic) bond motifs is 1. The normalized spacial score (nSPS) is 18.7. The lowest BCUT2D eigenvalue weighted by Gasteiger charge is -2.28. The van der Waals surface area contributed by atoms with Crippen LogP contribution >= 0.6 is 11.8 Å². The lowest BCUT2D eigenvalue weighted by molar-refractivity contribution is -0.141. The molecule has 34 heteroatoms. The Morgan fingerprint density at radius 1 is 0.625 bits per heavy atom. The third-order valence-corrected chi connectivity index (χ3v) is 16.0. The van der Waals surface area contributed by atoms with Gasteiger partial charge in [-0.1, -0.05) is 78.9 Å². The van der Waals surface area contributed by atoms with Crippen molar-refractivity contribution in [3.8, 4) is 0 Å². The van der Waals surface area contributed by atoms with Gasteiger partial charge in [0.2, 0.25) is 65.0 Å². The molecule has 0 aliphatic carbocycles. The minimum Gasteiger partial charge on any atom is -0.481 e. The Labute approximate surface area is 555 Å². The molecule has 514 valence electrons. The molecule has 0 radical (unpaired) electrons. The molecule has 0 bridgehead atoms. The largest absolute Gasteiger partial charge is 0.481 e. The number of nitrogens with zero attached hydrogens (tertiary/aromatic N) is 3. The Morgan fingerprint density at radius 3 is 1.88 bits per heavy atom. The van der Waals surface area contributed by atoms with Crippen LogP contribution in [0.2, 0.25) is 0 Å². The van der Waals surface area contributed by atoms with Gasteiger partial charge in [-0.05, 0) is 60.6 Å². The number of hydrogen-bond acceptors (Lipinski definition) is 16. The van der Waals surface area contributed by atoms with Gasteiger partial charge in [0.1, 0.15) is 48.3 Å². The molecule has 11 amide bonds. The second-order valence-electron chi connectivity index (χ2n) is 22.4. The molecule has 1 aliphatic rings. The molecular weight excluding hydrogens is 1260 g/mol. The highest BCUT2D eigenvalue weighted by Crippen LogP contribution is 2.20. The van der Waals surface area contributed by atoms with Gasteiger partial charge in [-0.2, -0.15) is 11.8 Å². The number of nitrogens with two attached hydrogens (primary N) is 5. The van der Waals surface area contributed by atoms with Crippen molar-refractivity contribution in [3.63, 3.8) is 0 Å². The van der Waals surface area contributed by atoms with Gasteiger partial charge in [0.25, 0.3) is 0 Å². The van der Waals surface area contributed by atoms with E-state index in [1.165, 1.54) is 12.5 Å². The van der Waals surface area contributed by atoms with Crippen molar-refractivity contribution in [3.05, 3.63) is 126 Å². The molecule has 1 fully saturated rings. The summed E-state index contributed by atoms with van der Waals surface area (Å²) in [5.41, 5.74) is 30.4. The summed E-state index contributed by atoms with van der Waals surface area (Å²) >= 11 is 1.05. The summed E-state index contributed by atoms with van der Waals surface area (Å²) in [4.78, 5) is 185. The van der Waals surface area contributed by atoms with Crippen LogP contribution in [0.1, 0.15) is 67.3 Å². The van der Waals surface area contributed by atoms with Crippen LogP contribution in [-0.2, 0) is 83.2 Å². The number of primary amides is 1. The SMILES string of the molecule is NC(=O)CNC(=O)[C@H](Cc1ccccc1)NC(=O)[C@H](CCCN=C(N)N)NC(=O)[C@H](CC(=O)O)NC(=O)C1CSCCCC(=O)NCC(=O)NC(Cc2cnc[nH]2)C(=O)N[C@H](Cc2ccccc2)C(=O)N[C@@H](CCCN=C(N)N)C(=O)N[C@H](Cc2c[nH]c3ccccc23)C(=O)N1. The number of benzene rings is 3. The third kappa shape index (κ3) is 25.4. The molecule has 0 saturated carbocycles. The average molecular weight is 1350 g/mol. The highest BCUT2D eigenvalue weighted by Gasteiger charge is 2.36. The Bertz CT molecular complexity index is 3550. The number of carboxylic acid groups (broad SMARTS) is 1. The van der Waals surface area contributed by atoms with E-state index < -0.39 is 139 Å². The fourth-order valence-electron chi connectivity index (χ4n) is 10.0. The van der Waals surface area contributed by atoms with Crippen molar-refractivity contribution in [1.82, 2.24) is 68.1 Å². The van der Waals surface area contributed by atoms with Gasteiger partial charge in [0, 0.05) is 79.9 Å². The van der Waals surface area contributed by atoms with Crippen molar-refractivity contribution >= 4 is 106 Å². The number of rotatable bonds is 27. The zero-order valence-corrected chi connectivity index (χ0v) is 53.3. The summed E-state index contributed by atoms with van der Waals surface area (Å²) in [6.07, 6.45) is 2.46. The van der Waals surface area contributed by atoms with Gasteiger partial charge < -0.3 is 96.9 Å². The van der Waals surface area contributed by atoms with Gasteiger partial charge in [-0.25, -0.2) is 4.98 Å². The third-order valence-electron chi connectivity index (χ3n) is 14.9. The van der Waals surface area contributed by atoms with Crippen LogP contribution in [0, 0.1) is 0 Å². The number of hydrogen-bond donors (Lipinski definition) is 18. The number of carbonyl (C=O) groups is 12. The summed E-state index contributed by atoms with van der Waals surface area (Å²) in [5, 5.41) is 36.8. The summed E-state index contributed by atoms with van der Waals surface area (Å²) in [7, 11) is 0. The molecular formula is C62H82N20O13S. The van der Waals surface area contributed by atoms with E-state index in [0.717, 1.165) is 11.8 Å². The number of aromatic amines is 2. The van der Waals surface area contributed by atoms with E-state index >= 15 is 9.59 Å². The predicted octanol–water partition coefficient (Wildman–Crippen LogP) is -4.13. The van der Waals surface area contributed by atoms with Gasteiger partial charge in [0.15, 0.2) is 11.9 Å². The standard InChI is InChI=1S/C62H82N20O13S/c63-49(83)31-73-53(88)43(24-35-12-3-1-4-13-35)78-54(89)41(18-9-21-69-61(64)65)77-59(94)47(28-52(86)87)81-60(95)48-33-96-23-11-20-50(84)72-32-51(85)75-46(27-38-30-68-34-74-38)58(93)79-44(25-36-14-5-2-6-15-36)56(91)76-42(19-10-22-70-62(66)67)55(90)80-45(57(92)82-48)26-37-29-71-40-17-8-7-16-39(37)40/h1-8,12-17,29-30,34,41-48,71H,9-11,18-28,31-33H2,(H2,63,83)(H,68,74)(H,72,84)(H,73,88)(H,75,85)(H,76,91)(H,77,94)(H,78,89)(H,79,93)(H,80,90)(H,81,95)(H,82,92)(H,86,87)(H4,64,65,69)(H4,66,67,70)/t41-,42-,43-,44+,45+,46?,47-,48?/m0/s1. The highest BCUT2D eigenvalue weighted by atomic mass is 32.2. The summed E-state index contributed by atoms with van der Waals surface area (Å²) < 4.78 is 0. The van der Waals surface area contributed by atoms with E-state index in [1.54, 1.807) is 91.1 Å². The number of imidazole rings is 1. The second-order valence-corrected chi connectivity index (χ2v) is 23.6. The first-order chi connectivity index (χ1) is 46.0. The van der Waals surface area contributed by atoms with Crippen molar-refractivity contribution in [1.29, 1.82) is 0 Å². The first kappa shape index (κ1) is 74.0. The molecule has 5 aromatic rings. The predicted molar refractivity (Wildman–Crippen MR) is 354 cm³/mol. The van der Waals surface area contributed by atoms with E-state index in [1.807, 2.05) is 0 Å². The summed E-state index contributed by atoms with van der Waals surface area (Å²) in [6.45, 7) is -1.22. The van der Waals surface area contributed by atoms with Gasteiger partial charge in [-0.15, -0.1) is 0 Å². The molecule has 33 nitrogen and oxygen atoms in total. The van der Waals surface area contributed by atoms with Crippen molar-refractivity contribution in [2.24, 2.45) is 38.7 Å². The Hall–Kier alpha value is -11.1. The number of para-hydroxylation sites is 1. The fraction of sp³-hybridized carbons (Fsp3) is 0.403. The monoisotopic (exact) mass is 1350 g/mol. The molecule has 1 saturated heterocycles. The van der Waals surface area contributed by atoms with Gasteiger partial charge in [0.05, 0.1) is 25.8 Å². The molecule has 3 aromatic carbocycles. The second kappa shape index (κ2) is 38.2. The van der Waals surface area contributed by atoms with Crippen LogP contribution in [0.5, 0.6) is 0 Å². The Balaban J connectivity index is 1.35. The summed E-state index contributed by atoms with van der Waals surface area (Å²) in [6, 6.07) is 11.8. The molecule has 96 heavy (non-hydrogen) atoms. The number of amides is 11. The Morgan fingerprint density at radius 2 is 1.22 bits per heavy atom. The molecule has 6 rings (SSSR count). The average Bonchev–Trinajstić information content (AvgIpc) is 1.59. The molecule has 8 atom stereocenters. The van der Waals surface area contributed by atoms with Crippen LogP contribution in [0.4, 0.5) is 0 Å². The number of aliphatic carboxylic acids is 1. The number of nitrogens with one attached hydrogen (secondary N) is 12. The number of aliphatic imine (C=N–C) groups is 2. The molecule has 3 heterocycles. The zero-order valence-electron chi connectivity index (χ0n) is 52.4. The van der Waals surface area contributed by atoms with Gasteiger partial charge in [-0.3, -0.25) is 67.5 Å². The minimum absolute atomic E-state index is 0.0168. The number of carboxylic acids is 1. The molecule has 2 aromatic heterocycles. The fourth-order valence-corrected chi connectivity index (χ4v) is 11.0. The smallest absolute Gasteiger partial charge is 0.305 e. The maximum absolute atomic E-state index is 15.1. The lowest BCUT2D eigenvalue weighted by Crippen LogP contribution is -2.61. The first-order valence-electron chi connectivity index (χ1n) is 30.8. The molecule has 1 aliphatic heterocycles. The topological polar surface area (TPSA) is 545 Å². The van der Waals surface area contributed by atoms with E-state index in [9.17, 15) is 53.1 Å². The quantitative estimate of drug-likeness (QED) is 0.0135. The maximum Gasteiger partial charge on any atom is 0.305 e. The Kier molecular flexibility index (Phi) is 29.4. The number of H-pyrrole nitrogens is 2. The number of thioether (sulfide) groups is 1. The van der Waals surface area contributed by atoms with Crippen LogP contribution in [0.25, 0.3) is 10.9 Å². The molecule has 2 unspecified atom stereocenters. The molecule has 23 N–H and O–H groups in total. The number of carbonyl (C=O) groups excluding carboxylic acids is 11. The van der Waals surface area contributed by atoms with Gasteiger partial charge >= 0.3 is 5.97 Å². The number of guanidine groups is 2. The zero-order chi connectivity index (χ0) is 69.5. The van der Waals surface area contributed by atoms with E-state index in [0.29, 0.717) is 33.3 Å².